The van der Waals surface area contributed by atoms with Crippen molar-refractivity contribution in [2.45, 2.75) is 25.2 Å². The topological polar surface area (TPSA) is 60.2 Å². The van der Waals surface area contributed by atoms with E-state index in [1.165, 1.54) is 0 Å². The third-order valence-corrected chi connectivity index (χ3v) is 3.53. The lowest BCUT2D eigenvalue weighted by Gasteiger charge is -2.13. The Hall–Kier alpha value is -0.880. The van der Waals surface area contributed by atoms with E-state index in [0.717, 1.165) is 12.8 Å². The lowest BCUT2D eigenvalue weighted by Crippen LogP contribution is -2.14. The van der Waals surface area contributed by atoms with Crippen LogP contribution in [0.25, 0.3) is 11.2 Å². The number of pyridine rings is 1. The number of aliphatic hydroxyl groups is 1. The minimum Gasteiger partial charge on any atom is -0.394 e. The van der Waals surface area contributed by atoms with Crippen molar-refractivity contribution in [3.63, 3.8) is 0 Å². The average molecular weight is 288 g/mol. The first-order valence-corrected chi connectivity index (χ1v) is 6.39. The first-order chi connectivity index (χ1) is 8.69. The molecule has 3 heterocycles. The van der Waals surface area contributed by atoms with Gasteiger partial charge in [-0.2, -0.15) is 0 Å². The minimum absolute atomic E-state index is 0.0259. The molecule has 0 spiro atoms. The highest BCUT2D eigenvalue weighted by atomic mass is 35.5. The molecule has 1 N–H and O–H groups in total. The van der Waals surface area contributed by atoms with Gasteiger partial charge in [-0.25, -0.2) is 9.97 Å². The zero-order valence-electron chi connectivity index (χ0n) is 9.38. The Kier molecular flexibility index (Phi) is 3.15. The lowest BCUT2D eigenvalue weighted by molar-refractivity contribution is -0.0207. The summed E-state index contributed by atoms with van der Waals surface area (Å²) in [6.07, 6.45) is 2.97. The standard InChI is InChI=1S/C11H11Cl2N3O2/c12-7-3-8(13)15-11-10(7)14-5-16(11)9-2-1-6(4-17)18-9/h3,5-6,9,17H,1-2,4H2/t6-,9-/m0/s1. The molecule has 3 rings (SSSR count). The quantitative estimate of drug-likeness (QED) is 0.862. The highest BCUT2D eigenvalue weighted by molar-refractivity contribution is 6.37. The van der Waals surface area contributed by atoms with Gasteiger partial charge >= 0.3 is 0 Å². The van der Waals surface area contributed by atoms with Crippen LogP contribution in [-0.2, 0) is 4.74 Å². The van der Waals surface area contributed by atoms with Crippen molar-refractivity contribution in [2.75, 3.05) is 6.61 Å². The van der Waals surface area contributed by atoms with Gasteiger partial charge in [-0.1, -0.05) is 23.2 Å². The Labute approximate surface area is 113 Å². The molecular weight excluding hydrogens is 277 g/mol. The van der Waals surface area contributed by atoms with Crippen molar-refractivity contribution in [2.24, 2.45) is 0 Å². The second-order valence-corrected chi connectivity index (χ2v) is 5.02. The van der Waals surface area contributed by atoms with E-state index in [4.69, 9.17) is 33.0 Å². The molecule has 2 aromatic rings. The van der Waals surface area contributed by atoms with Crippen LogP contribution in [0.3, 0.4) is 0 Å². The van der Waals surface area contributed by atoms with Gasteiger partial charge in [0.2, 0.25) is 0 Å². The highest BCUT2D eigenvalue weighted by Gasteiger charge is 2.27. The molecule has 0 radical (unpaired) electrons. The maximum absolute atomic E-state index is 9.08. The summed E-state index contributed by atoms with van der Waals surface area (Å²) < 4.78 is 7.50. The number of fused-ring (bicyclic) bond motifs is 1. The van der Waals surface area contributed by atoms with E-state index < -0.39 is 0 Å². The zero-order valence-corrected chi connectivity index (χ0v) is 10.9. The molecule has 0 aromatic carbocycles. The Morgan fingerprint density at radius 2 is 2.28 bits per heavy atom. The monoisotopic (exact) mass is 287 g/mol. The average Bonchev–Trinajstić information content (AvgIpc) is 2.93. The van der Waals surface area contributed by atoms with Crippen molar-refractivity contribution in [1.29, 1.82) is 0 Å². The van der Waals surface area contributed by atoms with Crippen molar-refractivity contribution in [3.8, 4) is 0 Å². The van der Waals surface area contributed by atoms with Gasteiger partial charge in [-0.3, -0.25) is 4.57 Å². The number of aromatic nitrogens is 3. The zero-order chi connectivity index (χ0) is 12.7. The van der Waals surface area contributed by atoms with Gasteiger partial charge in [0.05, 0.1) is 24.1 Å². The van der Waals surface area contributed by atoms with E-state index in [1.807, 2.05) is 4.57 Å². The smallest absolute Gasteiger partial charge is 0.165 e. The summed E-state index contributed by atoms with van der Waals surface area (Å²) in [7, 11) is 0. The Bertz CT molecular complexity index is 587. The van der Waals surface area contributed by atoms with E-state index in [1.54, 1.807) is 12.4 Å². The predicted octanol–water partition coefficient (Wildman–Crippen LogP) is 2.41. The van der Waals surface area contributed by atoms with Crippen LogP contribution < -0.4 is 0 Å². The number of ether oxygens (including phenoxy) is 1. The van der Waals surface area contributed by atoms with Crippen molar-refractivity contribution >= 4 is 34.4 Å². The molecule has 5 nitrogen and oxygen atoms in total. The van der Waals surface area contributed by atoms with Crippen molar-refractivity contribution in [3.05, 3.63) is 22.6 Å². The molecule has 2 aromatic heterocycles. The number of nitrogens with zero attached hydrogens (tertiary/aromatic N) is 3. The van der Waals surface area contributed by atoms with E-state index in [9.17, 15) is 0 Å². The summed E-state index contributed by atoms with van der Waals surface area (Å²) in [5.41, 5.74) is 1.22. The molecule has 1 aliphatic heterocycles. The van der Waals surface area contributed by atoms with E-state index >= 15 is 0 Å². The normalized spacial score (nSPS) is 23.9. The lowest BCUT2D eigenvalue weighted by atomic mass is 10.2. The van der Waals surface area contributed by atoms with Crippen LogP contribution in [0.1, 0.15) is 19.1 Å². The number of hydrogen-bond acceptors (Lipinski definition) is 4. The number of halogens is 2. The largest absolute Gasteiger partial charge is 0.394 e. The fourth-order valence-corrected chi connectivity index (χ4v) is 2.66. The van der Waals surface area contributed by atoms with E-state index in [0.29, 0.717) is 21.3 Å². The van der Waals surface area contributed by atoms with Gasteiger partial charge in [-0.05, 0) is 18.9 Å². The summed E-state index contributed by atoms with van der Waals surface area (Å²) >= 11 is 12.0. The maximum atomic E-state index is 9.08. The summed E-state index contributed by atoms with van der Waals surface area (Å²) in [5, 5.41) is 9.87. The summed E-state index contributed by atoms with van der Waals surface area (Å²) in [5.74, 6) is 0. The summed E-state index contributed by atoms with van der Waals surface area (Å²) in [6, 6.07) is 1.56. The van der Waals surface area contributed by atoms with E-state index in [2.05, 4.69) is 9.97 Å². The van der Waals surface area contributed by atoms with Gasteiger partial charge in [-0.15, -0.1) is 0 Å². The second kappa shape index (κ2) is 4.66. The Balaban J connectivity index is 2.03. The van der Waals surface area contributed by atoms with Crippen LogP contribution in [0.4, 0.5) is 0 Å². The van der Waals surface area contributed by atoms with Crippen LogP contribution >= 0.6 is 23.2 Å². The molecule has 1 saturated heterocycles. The molecule has 2 atom stereocenters. The fourth-order valence-electron chi connectivity index (χ4n) is 2.18. The molecule has 1 fully saturated rings. The first kappa shape index (κ1) is 12.2. The molecule has 7 heteroatoms. The molecule has 0 aliphatic carbocycles. The summed E-state index contributed by atoms with van der Waals surface area (Å²) in [4.78, 5) is 8.45. The summed E-state index contributed by atoms with van der Waals surface area (Å²) in [6.45, 7) is 0.0259. The van der Waals surface area contributed by atoms with Gasteiger partial charge in [0, 0.05) is 0 Å². The third kappa shape index (κ3) is 1.97. The fraction of sp³-hybridized carbons (Fsp3) is 0.455. The molecular formula is C11H11Cl2N3O2. The number of aliphatic hydroxyl groups excluding tert-OH is 1. The van der Waals surface area contributed by atoms with Gasteiger partial charge < -0.3 is 9.84 Å². The second-order valence-electron chi connectivity index (χ2n) is 4.22. The van der Waals surface area contributed by atoms with Crippen molar-refractivity contribution in [1.82, 2.24) is 14.5 Å². The van der Waals surface area contributed by atoms with Gasteiger partial charge in [0.1, 0.15) is 16.9 Å². The number of hydrogen-bond donors (Lipinski definition) is 1. The van der Waals surface area contributed by atoms with E-state index in [-0.39, 0.29) is 18.9 Å². The predicted molar refractivity (Wildman–Crippen MR) is 67.8 cm³/mol. The van der Waals surface area contributed by atoms with Crippen LogP contribution in [0.5, 0.6) is 0 Å². The molecule has 18 heavy (non-hydrogen) atoms. The van der Waals surface area contributed by atoms with Crippen LogP contribution in [0, 0.1) is 0 Å². The molecule has 0 unspecified atom stereocenters. The van der Waals surface area contributed by atoms with Crippen LogP contribution in [0.2, 0.25) is 10.2 Å². The number of rotatable bonds is 2. The highest BCUT2D eigenvalue weighted by Crippen LogP contribution is 2.32. The number of imidazole rings is 1. The molecule has 1 aliphatic rings. The Morgan fingerprint density at radius 3 is 3.00 bits per heavy atom. The first-order valence-electron chi connectivity index (χ1n) is 5.64. The minimum atomic E-state index is -0.172. The molecule has 96 valence electrons. The van der Waals surface area contributed by atoms with Crippen molar-refractivity contribution < 1.29 is 9.84 Å². The molecule has 0 amide bonds. The van der Waals surface area contributed by atoms with Crippen LogP contribution in [0.15, 0.2) is 12.4 Å². The van der Waals surface area contributed by atoms with Gasteiger partial charge in [0.15, 0.2) is 5.65 Å². The maximum Gasteiger partial charge on any atom is 0.165 e. The Morgan fingerprint density at radius 1 is 1.44 bits per heavy atom. The van der Waals surface area contributed by atoms with Crippen LogP contribution in [-0.4, -0.2) is 32.4 Å². The van der Waals surface area contributed by atoms with Gasteiger partial charge in [0.25, 0.3) is 0 Å². The third-order valence-electron chi connectivity index (χ3n) is 3.05. The molecule has 0 bridgehead atoms. The SMILES string of the molecule is OC[C@@H]1CC[C@@H](n2cnc3c(Cl)cc(Cl)nc32)O1. The molecule has 0 saturated carbocycles.